The molecule has 17 heavy (non-hydrogen) atoms. The van der Waals surface area contributed by atoms with Gasteiger partial charge >= 0.3 is 0 Å². The highest BCUT2D eigenvalue weighted by Crippen LogP contribution is 2.31. The molecule has 0 aliphatic heterocycles. The van der Waals surface area contributed by atoms with Crippen molar-refractivity contribution in [3.05, 3.63) is 17.7 Å². The maximum absolute atomic E-state index is 10.6. The van der Waals surface area contributed by atoms with Gasteiger partial charge in [-0.3, -0.25) is 4.79 Å². The number of amides is 1. The average molecular weight is 238 g/mol. The summed E-state index contributed by atoms with van der Waals surface area (Å²) < 4.78 is 10.1. The Hall–Kier alpha value is -2.24. The number of ether oxygens (including phenoxy) is 2. The molecule has 0 aliphatic carbocycles. The van der Waals surface area contributed by atoms with Crippen LogP contribution in [0.1, 0.15) is 12.5 Å². The molecule has 0 aromatic heterocycles. The second-order valence-electron chi connectivity index (χ2n) is 3.19. The molecule has 0 fully saturated rings. The monoisotopic (exact) mass is 238 g/mol. The number of phenolic OH excluding ortho intramolecular Hbond substituents is 1. The van der Waals surface area contributed by atoms with Crippen LogP contribution in [-0.2, 0) is 4.79 Å². The van der Waals surface area contributed by atoms with Crippen molar-refractivity contribution in [2.75, 3.05) is 14.2 Å². The molecule has 6 heteroatoms. The van der Waals surface area contributed by atoms with E-state index in [1.165, 1.54) is 33.4 Å². The minimum absolute atomic E-state index is 0.0460. The quantitative estimate of drug-likeness (QED) is 0.602. The minimum atomic E-state index is -0.298. The van der Waals surface area contributed by atoms with Gasteiger partial charge in [0.05, 0.1) is 26.0 Å². The largest absolute Gasteiger partial charge is 0.507 e. The van der Waals surface area contributed by atoms with E-state index < -0.39 is 0 Å². The molecule has 1 aromatic carbocycles. The number of hydrogen-bond donors (Lipinski definition) is 2. The van der Waals surface area contributed by atoms with E-state index in [2.05, 4.69) is 10.5 Å². The normalized spacial score (nSPS) is 10.3. The van der Waals surface area contributed by atoms with Crippen molar-refractivity contribution in [2.45, 2.75) is 6.92 Å². The maximum atomic E-state index is 10.6. The molecule has 1 amide bonds. The molecule has 0 unspecified atom stereocenters. The number of rotatable bonds is 4. The van der Waals surface area contributed by atoms with Gasteiger partial charge in [0.25, 0.3) is 0 Å². The van der Waals surface area contributed by atoms with Crippen LogP contribution in [0.4, 0.5) is 0 Å². The number of aromatic hydroxyl groups is 1. The lowest BCUT2D eigenvalue weighted by Crippen LogP contribution is -2.12. The molecular formula is C11H14N2O4. The molecule has 0 spiro atoms. The molecule has 6 nitrogen and oxygen atoms in total. The second kappa shape index (κ2) is 5.74. The van der Waals surface area contributed by atoms with Crippen LogP contribution in [0.25, 0.3) is 0 Å². The van der Waals surface area contributed by atoms with E-state index in [1.807, 2.05) is 0 Å². The maximum Gasteiger partial charge on any atom is 0.236 e. The van der Waals surface area contributed by atoms with Crippen molar-refractivity contribution in [3.8, 4) is 17.2 Å². The van der Waals surface area contributed by atoms with Gasteiger partial charge < -0.3 is 14.6 Å². The Bertz CT molecular complexity index is 443. The predicted octanol–water partition coefficient (Wildman–Crippen LogP) is 0.879. The molecule has 0 saturated heterocycles. The summed E-state index contributed by atoms with van der Waals surface area (Å²) in [6, 6.07) is 3.03. The zero-order valence-electron chi connectivity index (χ0n) is 9.85. The molecule has 0 heterocycles. The fraction of sp³-hybridized carbons (Fsp3) is 0.273. The molecule has 0 aliphatic rings. The topological polar surface area (TPSA) is 80.2 Å². The number of nitrogens with zero attached hydrogens (tertiary/aromatic N) is 1. The van der Waals surface area contributed by atoms with Gasteiger partial charge in [0.1, 0.15) is 17.2 Å². The van der Waals surface area contributed by atoms with Crippen LogP contribution in [0.15, 0.2) is 17.2 Å². The van der Waals surface area contributed by atoms with E-state index in [4.69, 9.17) is 9.47 Å². The fourth-order valence-electron chi connectivity index (χ4n) is 1.19. The van der Waals surface area contributed by atoms with Crippen molar-refractivity contribution >= 4 is 12.1 Å². The highest BCUT2D eigenvalue weighted by molar-refractivity contribution is 5.88. The molecular weight excluding hydrogens is 224 g/mol. The Morgan fingerprint density at radius 2 is 2.12 bits per heavy atom. The third-order valence-corrected chi connectivity index (χ3v) is 1.97. The zero-order chi connectivity index (χ0) is 12.8. The number of nitrogens with one attached hydrogen (secondary N) is 1. The first-order valence-corrected chi connectivity index (χ1v) is 4.83. The van der Waals surface area contributed by atoms with Gasteiger partial charge in [-0.1, -0.05) is 0 Å². The molecule has 1 aromatic rings. The summed E-state index contributed by atoms with van der Waals surface area (Å²) >= 11 is 0. The summed E-state index contributed by atoms with van der Waals surface area (Å²) in [6.45, 7) is 1.34. The molecule has 92 valence electrons. The summed E-state index contributed by atoms with van der Waals surface area (Å²) in [5.41, 5.74) is 2.60. The van der Waals surface area contributed by atoms with E-state index in [0.29, 0.717) is 17.1 Å². The van der Waals surface area contributed by atoms with Crippen LogP contribution in [-0.4, -0.2) is 31.4 Å². The van der Waals surface area contributed by atoms with Crippen LogP contribution in [0, 0.1) is 0 Å². The van der Waals surface area contributed by atoms with E-state index in [1.54, 1.807) is 6.07 Å². The number of benzene rings is 1. The lowest BCUT2D eigenvalue weighted by molar-refractivity contribution is -0.118. The predicted molar refractivity (Wildman–Crippen MR) is 62.6 cm³/mol. The summed E-state index contributed by atoms with van der Waals surface area (Å²) in [5.74, 6) is 0.524. The van der Waals surface area contributed by atoms with Crippen molar-refractivity contribution in [1.29, 1.82) is 0 Å². The van der Waals surface area contributed by atoms with Crippen LogP contribution in [0.5, 0.6) is 17.2 Å². The lowest BCUT2D eigenvalue weighted by Gasteiger charge is -2.09. The van der Waals surface area contributed by atoms with Crippen molar-refractivity contribution in [3.63, 3.8) is 0 Å². The fourth-order valence-corrected chi connectivity index (χ4v) is 1.19. The van der Waals surface area contributed by atoms with E-state index in [9.17, 15) is 9.90 Å². The van der Waals surface area contributed by atoms with Crippen molar-refractivity contribution < 1.29 is 19.4 Å². The minimum Gasteiger partial charge on any atom is -0.507 e. The van der Waals surface area contributed by atoms with Gasteiger partial charge in [-0.05, 0) is 0 Å². The smallest absolute Gasteiger partial charge is 0.236 e. The lowest BCUT2D eigenvalue weighted by atomic mass is 10.2. The number of methoxy groups -OCH3 is 2. The van der Waals surface area contributed by atoms with E-state index in [-0.39, 0.29) is 11.7 Å². The third kappa shape index (κ3) is 3.37. The molecule has 0 radical (unpaired) electrons. The summed E-state index contributed by atoms with van der Waals surface area (Å²) in [4.78, 5) is 10.6. The first kappa shape index (κ1) is 12.8. The van der Waals surface area contributed by atoms with Crippen LogP contribution >= 0.6 is 0 Å². The molecule has 0 saturated carbocycles. The number of hydrogen-bond acceptors (Lipinski definition) is 5. The average Bonchev–Trinajstić information content (AvgIpc) is 2.30. The molecule has 0 bridgehead atoms. The Kier molecular flexibility index (Phi) is 4.33. The first-order chi connectivity index (χ1) is 8.08. The SMILES string of the molecule is COc1cc(O)c(C=NNC(C)=O)c(OC)c1. The molecule has 0 atom stereocenters. The van der Waals surface area contributed by atoms with Crippen LogP contribution in [0.2, 0.25) is 0 Å². The highest BCUT2D eigenvalue weighted by Gasteiger charge is 2.09. The van der Waals surface area contributed by atoms with Crippen molar-refractivity contribution in [1.82, 2.24) is 5.43 Å². The Balaban J connectivity index is 3.05. The van der Waals surface area contributed by atoms with Gasteiger partial charge in [-0.25, -0.2) is 5.43 Å². The summed E-state index contributed by atoms with van der Waals surface area (Å²) in [5, 5.41) is 13.4. The van der Waals surface area contributed by atoms with Gasteiger partial charge in [0, 0.05) is 19.1 Å². The summed E-state index contributed by atoms with van der Waals surface area (Å²) in [7, 11) is 2.95. The van der Waals surface area contributed by atoms with Gasteiger partial charge in [0.2, 0.25) is 5.91 Å². The van der Waals surface area contributed by atoms with Crippen LogP contribution < -0.4 is 14.9 Å². The highest BCUT2D eigenvalue weighted by atomic mass is 16.5. The van der Waals surface area contributed by atoms with Gasteiger partial charge in [0.15, 0.2) is 0 Å². The Labute approximate surface area is 98.9 Å². The van der Waals surface area contributed by atoms with Crippen LogP contribution in [0.3, 0.4) is 0 Å². The molecule has 2 N–H and O–H groups in total. The zero-order valence-corrected chi connectivity index (χ0v) is 9.85. The number of carbonyl (C=O) groups excluding carboxylic acids is 1. The number of carbonyl (C=O) groups is 1. The van der Waals surface area contributed by atoms with E-state index in [0.717, 1.165) is 0 Å². The Morgan fingerprint density at radius 1 is 1.41 bits per heavy atom. The number of phenols is 1. The standard InChI is InChI=1S/C11H14N2O4/c1-7(14)13-12-6-9-10(15)4-8(16-2)5-11(9)17-3/h4-6,15H,1-3H3,(H,13,14). The summed E-state index contributed by atoms with van der Waals surface area (Å²) in [6.07, 6.45) is 1.30. The third-order valence-electron chi connectivity index (χ3n) is 1.97. The van der Waals surface area contributed by atoms with Gasteiger partial charge in [-0.15, -0.1) is 0 Å². The van der Waals surface area contributed by atoms with Crippen molar-refractivity contribution in [2.24, 2.45) is 5.10 Å². The molecule has 1 rings (SSSR count). The van der Waals surface area contributed by atoms with Gasteiger partial charge in [-0.2, -0.15) is 5.10 Å². The number of hydrazone groups is 1. The Morgan fingerprint density at radius 3 is 2.65 bits per heavy atom. The second-order valence-corrected chi connectivity index (χ2v) is 3.19. The first-order valence-electron chi connectivity index (χ1n) is 4.83. The van der Waals surface area contributed by atoms with E-state index >= 15 is 0 Å².